The topological polar surface area (TPSA) is 106 Å². The number of aromatic nitrogens is 3. The van der Waals surface area contributed by atoms with Crippen LogP contribution in [-0.4, -0.2) is 44.9 Å². The molecule has 0 bridgehead atoms. The number of amides is 1. The Hall–Kier alpha value is -4.70. The SMILES string of the molecule is CCCCOc1cccc(C2/C(=C(\O)c3c(C)nc4ccccn34)C(=O)C(=O)N2c2nc3ccc(OC)cc3s2)c1. The molecule has 9 nitrogen and oxygen atoms in total. The number of unbranched alkanes of at least 4 members (excludes halogenated alkanes) is 1. The summed E-state index contributed by atoms with van der Waals surface area (Å²) in [6.45, 7) is 4.39. The summed E-state index contributed by atoms with van der Waals surface area (Å²) in [6, 6.07) is 17.3. The Balaban J connectivity index is 1.55. The molecule has 1 fully saturated rings. The molecule has 4 heterocycles. The van der Waals surface area contributed by atoms with Crippen molar-refractivity contribution in [3.8, 4) is 11.5 Å². The minimum Gasteiger partial charge on any atom is -0.505 e. The van der Waals surface area contributed by atoms with Crippen molar-refractivity contribution < 1.29 is 24.2 Å². The molecule has 0 saturated carbocycles. The van der Waals surface area contributed by atoms with E-state index < -0.39 is 17.7 Å². The highest BCUT2D eigenvalue weighted by Crippen LogP contribution is 2.45. The van der Waals surface area contributed by atoms with Gasteiger partial charge < -0.3 is 14.6 Å². The number of ether oxygens (including phenoxy) is 2. The highest BCUT2D eigenvalue weighted by molar-refractivity contribution is 7.22. The number of rotatable bonds is 8. The third kappa shape index (κ3) is 4.59. The molecule has 3 aromatic heterocycles. The van der Waals surface area contributed by atoms with E-state index in [4.69, 9.17) is 14.5 Å². The zero-order valence-electron chi connectivity index (χ0n) is 22.8. The Bertz CT molecular complexity index is 1840. The molecule has 1 atom stereocenters. The number of carbonyl (C=O) groups excluding carboxylic acids is 2. The second-order valence-corrected chi connectivity index (χ2v) is 10.8. The number of fused-ring (bicyclic) bond motifs is 2. The molecular weight excluding hydrogens is 540 g/mol. The summed E-state index contributed by atoms with van der Waals surface area (Å²) in [7, 11) is 1.58. The van der Waals surface area contributed by atoms with Crippen LogP contribution in [-0.2, 0) is 9.59 Å². The van der Waals surface area contributed by atoms with Crippen molar-refractivity contribution in [2.75, 3.05) is 18.6 Å². The van der Waals surface area contributed by atoms with Crippen LogP contribution in [0.1, 0.15) is 42.8 Å². The first-order chi connectivity index (χ1) is 19.9. The highest BCUT2D eigenvalue weighted by atomic mass is 32.1. The number of aryl methyl sites for hydroxylation is 1. The summed E-state index contributed by atoms with van der Waals surface area (Å²) in [6.07, 6.45) is 3.64. The van der Waals surface area contributed by atoms with Crippen molar-refractivity contribution in [1.29, 1.82) is 0 Å². The number of methoxy groups -OCH3 is 1. The number of aliphatic hydroxyl groups excluding tert-OH is 1. The average Bonchev–Trinajstić information content (AvgIpc) is 3.63. The Morgan fingerprint density at radius 1 is 1.05 bits per heavy atom. The van der Waals surface area contributed by atoms with Gasteiger partial charge in [0.1, 0.15) is 22.8 Å². The number of hydrogen-bond acceptors (Lipinski definition) is 8. The minimum atomic E-state index is -0.944. The lowest BCUT2D eigenvalue weighted by atomic mass is 9.96. The van der Waals surface area contributed by atoms with E-state index in [0.717, 1.165) is 17.5 Å². The zero-order chi connectivity index (χ0) is 28.7. The number of nitrogens with zero attached hydrogens (tertiary/aromatic N) is 4. The van der Waals surface area contributed by atoms with Crippen LogP contribution in [0.25, 0.3) is 21.6 Å². The molecule has 10 heteroatoms. The number of Topliss-reactive ketones (excluding diaryl/α,β-unsaturated/α-hetero) is 1. The first kappa shape index (κ1) is 26.5. The van der Waals surface area contributed by atoms with Gasteiger partial charge in [-0.2, -0.15) is 0 Å². The fraction of sp³-hybridized carbons (Fsp3) is 0.226. The number of anilines is 1. The van der Waals surface area contributed by atoms with Crippen LogP contribution in [0.4, 0.5) is 5.13 Å². The summed E-state index contributed by atoms with van der Waals surface area (Å²) >= 11 is 1.28. The maximum absolute atomic E-state index is 13.8. The molecule has 0 radical (unpaired) electrons. The number of imidazole rings is 1. The number of aliphatic hydroxyl groups is 1. The van der Waals surface area contributed by atoms with Gasteiger partial charge in [-0.3, -0.25) is 18.9 Å². The van der Waals surface area contributed by atoms with E-state index in [1.54, 1.807) is 30.7 Å². The van der Waals surface area contributed by atoms with Crippen molar-refractivity contribution in [2.24, 2.45) is 0 Å². The average molecular weight is 569 g/mol. The highest BCUT2D eigenvalue weighted by Gasteiger charge is 2.48. The molecule has 1 saturated heterocycles. The van der Waals surface area contributed by atoms with Crippen LogP contribution < -0.4 is 14.4 Å². The lowest BCUT2D eigenvalue weighted by molar-refractivity contribution is -0.132. The van der Waals surface area contributed by atoms with Crippen molar-refractivity contribution in [3.05, 3.63) is 89.4 Å². The van der Waals surface area contributed by atoms with Gasteiger partial charge >= 0.3 is 5.91 Å². The van der Waals surface area contributed by atoms with Crippen LogP contribution in [0, 0.1) is 6.92 Å². The molecule has 6 rings (SSSR count). The van der Waals surface area contributed by atoms with Crippen LogP contribution in [0.3, 0.4) is 0 Å². The second kappa shape index (κ2) is 10.7. The molecule has 2 aromatic carbocycles. The molecule has 1 aliphatic rings. The molecule has 0 aliphatic carbocycles. The Kier molecular flexibility index (Phi) is 6.92. The first-order valence-corrected chi connectivity index (χ1v) is 14.1. The van der Waals surface area contributed by atoms with Crippen LogP contribution in [0.15, 0.2) is 72.4 Å². The van der Waals surface area contributed by atoms with Crippen molar-refractivity contribution >= 4 is 49.8 Å². The molecule has 1 unspecified atom stereocenters. The van der Waals surface area contributed by atoms with Crippen molar-refractivity contribution in [1.82, 2.24) is 14.4 Å². The predicted molar refractivity (Wildman–Crippen MR) is 158 cm³/mol. The third-order valence-electron chi connectivity index (χ3n) is 7.10. The largest absolute Gasteiger partial charge is 0.505 e. The van der Waals surface area contributed by atoms with Crippen LogP contribution >= 0.6 is 11.3 Å². The molecule has 1 amide bonds. The van der Waals surface area contributed by atoms with E-state index in [9.17, 15) is 14.7 Å². The monoisotopic (exact) mass is 568 g/mol. The van der Waals surface area contributed by atoms with E-state index in [0.29, 0.717) is 51.4 Å². The molecule has 1 N–H and O–H groups in total. The summed E-state index contributed by atoms with van der Waals surface area (Å²) in [5.41, 5.74) is 2.74. The maximum atomic E-state index is 13.8. The molecule has 41 heavy (non-hydrogen) atoms. The van der Waals surface area contributed by atoms with E-state index >= 15 is 0 Å². The number of carbonyl (C=O) groups is 2. The zero-order valence-corrected chi connectivity index (χ0v) is 23.6. The number of benzene rings is 2. The minimum absolute atomic E-state index is 0.0358. The van der Waals surface area contributed by atoms with Crippen LogP contribution in [0.2, 0.25) is 0 Å². The number of pyridine rings is 1. The van der Waals surface area contributed by atoms with Gasteiger partial charge in [-0.15, -0.1) is 0 Å². The van der Waals surface area contributed by atoms with Gasteiger partial charge in [0.05, 0.1) is 41.2 Å². The van der Waals surface area contributed by atoms with Gasteiger partial charge in [0, 0.05) is 6.20 Å². The lowest BCUT2D eigenvalue weighted by Gasteiger charge is -2.23. The summed E-state index contributed by atoms with van der Waals surface area (Å²) < 4.78 is 13.8. The summed E-state index contributed by atoms with van der Waals surface area (Å²) in [5.74, 6) is -0.599. The molecule has 5 aromatic rings. The first-order valence-electron chi connectivity index (χ1n) is 13.3. The number of ketones is 1. The second-order valence-electron chi connectivity index (χ2n) is 9.75. The van der Waals surface area contributed by atoms with Gasteiger partial charge in [0.2, 0.25) is 0 Å². The third-order valence-corrected chi connectivity index (χ3v) is 8.12. The number of thiazole rings is 1. The standard InChI is InChI=1S/C31H28N4O5S/c1-4-5-15-40-21-10-8-9-19(16-21)27-25(28(36)26-18(2)32-24-11-6-7-14-34(24)26)29(37)30(38)35(27)31-33-22-13-12-20(39-3)17-23(22)41-31/h6-14,16-17,27,36H,4-5,15H2,1-3H3/b28-25+. The smallest absolute Gasteiger partial charge is 0.301 e. The van der Waals surface area contributed by atoms with Gasteiger partial charge in [-0.1, -0.05) is 42.9 Å². The van der Waals surface area contributed by atoms with Gasteiger partial charge in [-0.25, -0.2) is 9.97 Å². The molecule has 1 aliphatic heterocycles. The molecule has 208 valence electrons. The quantitative estimate of drug-likeness (QED) is 0.105. The van der Waals surface area contributed by atoms with E-state index in [1.165, 1.54) is 16.2 Å². The predicted octanol–water partition coefficient (Wildman–Crippen LogP) is 6.07. The van der Waals surface area contributed by atoms with E-state index in [1.807, 2.05) is 54.6 Å². The summed E-state index contributed by atoms with van der Waals surface area (Å²) in [4.78, 5) is 38.1. The van der Waals surface area contributed by atoms with Gasteiger partial charge in [-0.05, 0) is 61.4 Å². The number of hydrogen-bond donors (Lipinski definition) is 1. The van der Waals surface area contributed by atoms with Crippen LogP contribution in [0.5, 0.6) is 11.5 Å². The Morgan fingerprint density at radius 3 is 2.71 bits per heavy atom. The normalized spacial score (nSPS) is 16.7. The summed E-state index contributed by atoms with van der Waals surface area (Å²) in [5, 5.41) is 12.1. The van der Waals surface area contributed by atoms with E-state index in [2.05, 4.69) is 11.9 Å². The van der Waals surface area contributed by atoms with E-state index in [-0.39, 0.29) is 11.3 Å². The fourth-order valence-corrected chi connectivity index (χ4v) is 6.12. The molecular formula is C31H28N4O5S. The Morgan fingerprint density at radius 2 is 1.90 bits per heavy atom. The Labute approximate surface area is 240 Å². The molecule has 0 spiro atoms. The lowest BCUT2D eigenvalue weighted by Crippen LogP contribution is -2.29. The maximum Gasteiger partial charge on any atom is 0.301 e. The van der Waals surface area contributed by atoms with Crippen molar-refractivity contribution in [3.63, 3.8) is 0 Å². The van der Waals surface area contributed by atoms with Gasteiger partial charge in [0.15, 0.2) is 10.9 Å². The fourth-order valence-electron chi connectivity index (χ4n) is 5.10. The van der Waals surface area contributed by atoms with Crippen molar-refractivity contribution in [2.45, 2.75) is 32.7 Å². The van der Waals surface area contributed by atoms with Gasteiger partial charge in [0.25, 0.3) is 5.78 Å².